The van der Waals surface area contributed by atoms with E-state index in [1.165, 1.54) is 12.8 Å². The number of hydrogen-bond acceptors (Lipinski definition) is 3. The molecule has 1 saturated carbocycles. The van der Waals surface area contributed by atoms with E-state index in [0.29, 0.717) is 12.1 Å². The van der Waals surface area contributed by atoms with E-state index in [2.05, 4.69) is 12.2 Å². The first-order valence-electron chi connectivity index (χ1n) is 4.18. The topological polar surface area (TPSA) is 47.3 Å². The molecule has 0 aromatic carbocycles. The number of hydrogen-bond donors (Lipinski definition) is 2. The van der Waals surface area contributed by atoms with E-state index in [1.807, 2.05) is 0 Å². The van der Waals surface area contributed by atoms with Crippen LogP contribution in [0.4, 0.5) is 0 Å². The number of methoxy groups -OCH3 is 1. The molecule has 3 N–H and O–H groups in total. The summed E-state index contributed by atoms with van der Waals surface area (Å²) in [6.07, 6.45) is 2.74. The van der Waals surface area contributed by atoms with Crippen LogP contribution in [0.3, 0.4) is 0 Å². The SMILES string of the molecule is COC(CN)CNC1(C)CC1. The van der Waals surface area contributed by atoms with E-state index < -0.39 is 0 Å². The van der Waals surface area contributed by atoms with Gasteiger partial charge >= 0.3 is 0 Å². The Morgan fingerprint density at radius 1 is 1.64 bits per heavy atom. The van der Waals surface area contributed by atoms with Crippen LogP contribution in [0.2, 0.25) is 0 Å². The molecule has 0 spiro atoms. The van der Waals surface area contributed by atoms with Crippen molar-refractivity contribution in [3.63, 3.8) is 0 Å². The fourth-order valence-electron chi connectivity index (χ4n) is 0.987. The summed E-state index contributed by atoms with van der Waals surface area (Å²) in [5, 5.41) is 3.43. The molecule has 11 heavy (non-hydrogen) atoms. The predicted octanol–water partition coefficient (Wildman–Crippen LogP) is 0.102. The highest BCUT2D eigenvalue weighted by Gasteiger charge is 2.36. The van der Waals surface area contributed by atoms with E-state index in [1.54, 1.807) is 7.11 Å². The highest BCUT2D eigenvalue weighted by Crippen LogP contribution is 2.33. The summed E-state index contributed by atoms with van der Waals surface area (Å²) < 4.78 is 5.14. The molecule has 3 heteroatoms. The van der Waals surface area contributed by atoms with Gasteiger partial charge in [-0.25, -0.2) is 0 Å². The highest BCUT2D eigenvalue weighted by atomic mass is 16.5. The Hall–Kier alpha value is -0.120. The molecule has 66 valence electrons. The molecule has 0 bridgehead atoms. The van der Waals surface area contributed by atoms with Crippen molar-refractivity contribution in [3.8, 4) is 0 Å². The molecule has 0 aliphatic heterocycles. The van der Waals surface area contributed by atoms with Crippen molar-refractivity contribution in [2.75, 3.05) is 20.2 Å². The Morgan fingerprint density at radius 2 is 2.27 bits per heavy atom. The normalized spacial score (nSPS) is 23.2. The largest absolute Gasteiger partial charge is 0.379 e. The summed E-state index contributed by atoms with van der Waals surface area (Å²) in [5.41, 5.74) is 5.86. The van der Waals surface area contributed by atoms with Gasteiger partial charge in [-0.1, -0.05) is 0 Å². The lowest BCUT2D eigenvalue weighted by molar-refractivity contribution is 0.105. The Balaban J connectivity index is 2.09. The number of nitrogens with two attached hydrogens (primary N) is 1. The Morgan fingerprint density at radius 3 is 2.64 bits per heavy atom. The van der Waals surface area contributed by atoms with E-state index in [-0.39, 0.29) is 6.10 Å². The van der Waals surface area contributed by atoms with Crippen LogP contribution in [0, 0.1) is 0 Å². The van der Waals surface area contributed by atoms with Crippen molar-refractivity contribution in [1.82, 2.24) is 5.32 Å². The lowest BCUT2D eigenvalue weighted by Crippen LogP contribution is -2.39. The maximum atomic E-state index is 5.47. The number of rotatable bonds is 5. The highest BCUT2D eigenvalue weighted by molar-refractivity contribution is 4.97. The summed E-state index contributed by atoms with van der Waals surface area (Å²) in [7, 11) is 1.70. The maximum Gasteiger partial charge on any atom is 0.0817 e. The van der Waals surface area contributed by atoms with Gasteiger partial charge in [-0.15, -0.1) is 0 Å². The third kappa shape index (κ3) is 2.77. The molecule has 1 aliphatic carbocycles. The third-order valence-corrected chi connectivity index (χ3v) is 2.35. The van der Waals surface area contributed by atoms with Gasteiger partial charge in [0.25, 0.3) is 0 Å². The van der Waals surface area contributed by atoms with Gasteiger partial charge in [0, 0.05) is 25.7 Å². The lowest BCUT2D eigenvalue weighted by atomic mass is 10.3. The zero-order valence-corrected chi connectivity index (χ0v) is 7.39. The van der Waals surface area contributed by atoms with Crippen molar-refractivity contribution in [2.24, 2.45) is 5.73 Å². The van der Waals surface area contributed by atoms with Crippen LogP contribution in [0.25, 0.3) is 0 Å². The van der Waals surface area contributed by atoms with Crippen LogP contribution in [0.5, 0.6) is 0 Å². The zero-order valence-electron chi connectivity index (χ0n) is 7.39. The number of nitrogens with one attached hydrogen (secondary N) is 1. The minimum Gasteiger partial charge on any atom is -0.379 e. The molecule has 1 fully saturated rings. The molecule has 0 heterocycles. The average Bonchev–Trinajstić information content (AvgIpc) is 2.71. The zero-order chi connectivity index (χ0) is 8.32. The second-order valence-corrected chi connectivity index (χ2v) is 3.53. The summed E-state index contributed by atoms with van der Waals surface area (Å²) in [5.74, 6) is 0. The van der Waals surface area contributed by atoms with Crippen LogP contribution in [0.15, 0.2) is 0 Å². The minimum atomic E-state index is 0.174. The molecule has 0 amide bonds. The minimum absolute atomic E-state index is 0.174. The van der Waals surface area contributed by atoms with Gasteiger partial charge in [-0.3, -0.25) is 0 Å². The standard InChI is InChI=1S/C8H18N2O/c1-8(3-4-8)10-6-7(5-9)11-2/h7,10H,3-6,9H2,1-2H3. The van der Waals surface area contributed by atoms with Gasteiger partial charge in [-0.2, -0.15) is 0 Å². The van der Waals surface area contributed by atoms with Crippen LogP contribution in [-0.2, 0) is 4.74 Å². The summed E-state index contributed by atoms with van der Waals surface area (Å²) in [6.45, 7) is 3.71. The van der Waals surface area contributed by atoms with E-state index in [9.17, 15) is 0 Å². The summed E-state index contributed by atoms with van der Waals surface area (Å²) in [4.78, 5) is 0. The first kappa shape index (κ1) is 8.97. The molecule has 0 aromatic rings. The number of ether oxygens (including phenoxy) is 1. The van der Waals surface area contributed by atoms with Crippen LogP contribution in [-0.4, -0.2) is 31.8 Å². The monoisotopic (exact) mass is 158 g/mol. The van der Waals surface area contributed by atoms with Crippen molar-refractivity contribution in [1.29, 1.82) is 0 Å². The molecule has 1 unspecified atom stereocenters. The Kier molecular flexibility index (Phi) is 2.87. The average molecular weight is 158 g/mol. The van der Waals surface area contributed by atoms with E-state index in [0.717, 1.165) is 6.54 Å². The fourth-order valence-corrected chi connectivity index (χ4v) is 0.987. The summed E-state index contributed by atoms with van der Waals surface area (Å²) in [6, 6.07) is 0. The third-order valence-electron chi connectivity index (χ3n) is 2.35. The van der Waals surface area contributed by atoms with Gasteiger partial charge in [0.15, 0.2) is 0 Å². The molecular formula is C8H18N2O. The molecule has 0 aromatic heterocycles. The molecule has 0 radical (unpaired) electrons. The Bertz CT molecular complexity index is 119. The molecule has 1 atom stereocenters. The van der Waals surface area contributed by atoms with Gasteiger partial charge in [0.2, 0.25) is 0 Å². The van der Waals surface area contributed by atoms with Gasteiger partial charge < -0.3 is 15.8 Å². The van der Waals surface area contributed by atoms with Crippen LogP contribution in [0.1, 0.15) is 19.8 Å². The van der Waals surface area contributed by atoms with Crippen molar-refractivity contribution >= 4 is 0 Å². The first-order chi connectivity index (χ1) is 5.20. The molecular weight excluding hydrogens is 140 g/mol. The van der Waals surface area contributed by atoms with Gasteiger partial charge in [0.1, 0.15) is 0 Å². The molecule has 0 saturated heterocycles. The predicted molar refractivity (Wildman–Crippen MR) is 45.5 cm³/mol. The molecule has 3 nitrogen and oxygen atoms in total. The summed E-state index contributed by atoms with van der Waals surface area (Å²) >= 11 is 0. The Labute approximate surface area is 68.3 Å². The first-order valence-corrected chi connectivity index (χ1v) is 4.18. The van der Waals surface area contributed by atoms with Crippen molar-refractivity contribution < 1.29 is 4.74 Å². The fraction of sp³-hybridized carbons (Fsp3) is 1.00. The second kappa shape index (κ2) is 3.52. The maximum absolute atomic E-state index is 5.47. The van der Waals surface area contributed by atoms with Gasteiger partial charge in [0.05, 0.1) is 6.10 Å². The quantitative estimate of drug-likeness (QED) is 0.596. The van der Waals surface area contributed by atoms with Gasteiger partial charge in [-0.05, 0) is 19.8 Å². The van der Waals surface area contributed by atoms with E-state index >= 15 is 0 Å². The van der Waals surface area contributed by atoms with Crippen molar-refractivity contribution in [2.45, 2.75) is 31.4 Å². The molecule has 1 rings (SSSR count). The second-order valence-electron chi connectivity index (χ2n) is 3.53. The van der Waals surface area contributed by atoms with E-state index in [4.69, 9.17) is 10.5 Å². The lowest BCUT2D eigenvalue weighted by Gasteiger charge is -2.17. The molecule has 1 aliphatic rings. The van der Waals surface area contributed by atoms with Crippen molar-refractivity contribution in [3.05, 3.63) is 0 Å². The smallest absolute Gasteiger partial charge is 0.0817 e. The van der Waals surface area contributed by atoms with Crippen LogP contribution < -0.4 is 11.1 Å². The van der Waals surface area contributed by atoms with Crippen LogP contribution >= 0.6 is 0 Å².